The summed E-state index contributed by atoms with van der Waals surface area (Å²) < 4.78 is 0. The fraction of sp³-hybridized carbons (Fsp3) is 0.600. The summed E-state index contributed by atoms with van der Waals surface area (Å²) in [7, 11) is 0. The maximum absolute atomic E-state index is 10.2. The molecule has 0 bridgehead atoms. The van der Waals surface area contributed by atoms with Crippen LogP contribution in [0.4, 0.5) is 4.79 Å². The molecule has 0 saturated heterocycles. The lowest BCUT2D eigenvalue weighted by atomic mass is 10.2. The number of carbonyl (C=O) groups is 2. The summed E-state index contributed by atoms with van der Waals surface area (Å²) >= 11 is 0. The van der Waals surface area contributed by atoms with Crippen molar-refractivity contribution in [3.63, 3.8) is 0 Å². The van der Waals surface area contributed by atoms with Crippen molar-refractivity contribution in [2.45, 2.75) is 19.1 Å². The summed E-state index contributed by atoms with van der Waals surface area (Å²) in [4.78, 5) is 20.1. The molecule has 0 radical (unpaired) electrons. The molecule has 2 atom stereocenters. The molecule has 0 aliphatic heterocycles. The van der Waals surface area contributed by atoms with Gasteiger partial charge < -0.3 is 20.6 Å². The Morgan fingerprint density at radius 2 is 1.82 bits per heavy atom. The maximum atomic E-state index is 10.2. The van der Waals surface area contributed by atoms with Crippen LogP contribution in [-0.4, -0.2) is 39.5 Å². The second-order valence-corrected chi connectivity index (χ2v) is 2.01. The van der Waals surface area contributed by atoms with Crippen molar-refractivity contribution in [3.8, 4) is 0 Å². The van der Waals surface area contributed by atoms with Crippen LogP contribution >= 0.6 is 0 Å². The minimum atomic E-state index is -1.47. The van der Waals surface area contributed by atoms with Crippen molar-refractivity contribution in [2.24, 2.45) is 0 Å². The second-order valence-electron chi connectivity index (χ2n) is 2.01. The van der Waals surface area contributed by atoms with Gasteiger partial charge in [0.1, 0.15) is 0 Å². The van der Waals surface area contributed by atoms with Crippen molar-refractivity contribution in [3.05, 3.63) is 0 Å². The summed E-state index contributed by atoms with van der Waals surface area (Å²) in [6.45, 7) is 1.19. The highest BCUT2D eigenvalue weighted by Gasteiger charge is 2.24. The van der Waals surface area contributed by atoms with Gasteiger partial charge in [-0.25, -0.2) is 9.59 Å². The van der Waals surface area contributed by atoms with E-state index in [0.717, 1.165) is 0 Å². The number of nitrogens with one attached hydrogen (secondary N) is 1. The molecule has 0 heterocycles. The van der Waals surface area contributed by atoms with Gasteiger partial charge in [-0.1, -0.05) is 0 Å². The predicted molar refractivity (Wildman–Crippen MR) is 34.3 cm³/mol. The van der Waals surface area contributed by atoms with Gasteiger partial charge in [0.2, 0.25) is 0 Å². The molecule has 6 nitrogen and oxygen atoms in total. The molecule has 0 saturated carbocycles. The number of carboxylic acid groups (broad SMARTS) is 2. The van der Waals surface area contributed by atoms with E-state index < -0.39 is 24.2 Å². The van der Waals surface area contributed by atoms with E-state index >= 15 is 0 Å². The number of rotatable bonds is 3. The van der Waals surface area contributed by atoms with E-state index in [-0.39, 0.29) is 0 Å². The third-order valence-corrected chi connectivity index (χ3v) is 1.03. The lowest BCUT2D eigenvalue weighted by Gasteiger charge is -2.13. The smallest absolute Gasteiger partial charge is 0.405 e. The monoisotopic (exact) mass is 163 g/mol. The van der Waals surface area contributed by atoms with Crippen molar-refractivity contribution in [1.82, 2.24) is 5.32 Å². The predicted octanol–water partition coefficient (Wildman–Crippen LogP) is -0.912. The van der Waals surface area contributed by atoms with Gasteiger partial charge in [0, 0.05) is 0 Å². The number of hydrogen-bond donors (Lipinski definition) is 4. The van der Waals surface area contributed by atoms with Gasteiger partial charge in [-0.2, -0.15) is 0 Å². The molecule has 0 fully saturated rings. The van der Waals surface area contributed by atoms with Gasteiger partial charge in [0.25, 0.3) is 0 Å². The first-order valence-corrected chi connectivity index (χ1v) is 2.85. The zero-order valence-corrected chi connectivity index (χ0v) is 5.81. The second kappa shape index (κ2) is 3.77. The van der Waals surface area contributed by atoms with E-state index in [1.54, 1.807) is 5.32 Å². The zero-order chi connectivity index (χ0) is 9.02. The number of aliphatic hydroxyl groups excluding tert-OH is 1. The average molecular weight is 163 g/mol. The van der Waals surface area contributed by atoms with E-state index in [0.29, 0.717) is 0 Å². The Morgan fingerprint density at radius 3 is 1.91 bits per heavy atom. The number of carboxylic acids is 1. The number of aliphatic hydroxyl groups is 1. The highest BCUT2D eigenvalue weighted by Crippen LogP contribution is 1.91. The zero-order valence-electron chi connectivity index (χ0n) is 5.81. The molecule has 64 valence electrons. The van der Waals surface area contributed by atoms with Crippen LogP contribution in [0.3, 0.4) is 0 Å². The first-order chi connectivity index (χ1) is 4.95. The number of amides is 1. The Labute approximate surface area is 62.5 Å². The molecule has 11 heavy (non-hydrogen) atoms. The number of hydrogen-bond acceptors (Lipinski definition) is 3. The molecule has 0 aromatic heterocycles. The highest BCUT2D eigenvalue weighted by atomic mass is 16.4. The Kier molecular flexibility index (Phi) is 3.32. The molecule has 0 aliphatic carbocycles. The molecule has 0 aliphatic rings. The summed E-state index contributed by atoms with van der Waals surface area (Å²) in [5.41, 5.74) is 0. The normalized spacial score (nSPS) is 15.1. The van der Waals surface area contributed by atoms with Gasteiger partial charge in [-0.05, 0) is 6.92 Å². The van der Waals surface area contributed by atoms with E-state index in [1.807, 2.05) is 0 Å². The van der Waals surface area contributed by atoms with Gasteiger partial charge >= 0.3 is 12.1 Å². The summed E-state index contributed by atoms with van der Waals surface area (Å²) in [6, 6.07) is -1.47. The van der Waals surface area contributed by atoms with Crippen molar-refractivity contribution in [1.29, 1.82) is 0 Å². The van der Waals surface area contributed by atoms with Crippen molar-refractivity contribution < 1.29 is 24.9 Å². The van der Waals surface area contributed by atoms with Crippen LogP contribution in [0.5, 0.6) is 0 Å². The van der Waals surface area contributed by atoms with Crippen molar-refractivity contribution in [2.75, 3.05) is 0 Å². The van der Waals surface area contributed by atoms with E-state index in [1.165, 1.54) is 6.92 Å². The lowest BCUT2D eigenvalue weighted by Crippen LogP contribution is -2.47. The number of aliphatic carboxylic acids is 1. The Hall–Kier alpha value is -1.30. The summed E-state index contributed by atoms with van der Waals surface area (Å²) in [5.74, 6) is -1.40. The summed E-state index contributed by atoms with van der Waals surface area (Å²) in [5, 5.41) is 26.8. The molecule has 0 rings (SSSR count). The van der Waals surface area contributed by atoms with Crippen LogP contribution < -0.4 is 5.32 Å². The van der Waals surface area contributed by atoms with Crippen LogP contribution in [-0.2, 0) is 4.79 Å². The van der Waals surface area contributed by atoms with Crippen LogP contribution in [0.1, 0.15) is 6.92 Å². The Bertz CT molecular complexity index is 166. The molecule has 0 aromatic rings. The fourth-order valence-electron chi connectivity index (χ4n) is 0.522. The molecule has 4 N–H and O–H groups in total. The lowest BCUT2D eigenvalue weighted by molar-refractivity contribution is -0.141. The Morgan fingerprint density at radius 1 is 1.36 bits per heavy atom. The van der Waals surface area contributed by atoms with Crippen molar-refractivity contribution >= 4 is 12.1 Å². The minimum Gasteiger partial charge on any atom is -0.480 e. The molecule has 1 amide bonds. The first kappa shape index (κ1) is 9.70. The van der Waals surface area contributed by atoms with E-state index in [9.17, 15) is 9.59 Å². The van der Waals surface area contributed by atoms with Crippen LogP contribution in [0.15, 0.2) is 0 Å². The Balaban J connectivity index is 4.12. The SMILES string of the molecule is CC(O)C(NC(=O)O)C(=O)O. The standard InChI is InChI=1S/C5H9NO5/c1-2(7)3(4(8)9)6-5(10)11/h2-3,6-7H,1H3,(H,8,9)(H,10,11). The topological polar surface area (TPSA) is 107 Å². The fourth-order valence-corrected chi connectivity index (χ4v) is 0.522. The van der Waals surface area contributed by atoms with E-state index in [4.69, 9.17) is 15.3 Å². The van der Waals surface area contributed by atoms with E-state index in [2.05, 4.69) is 0 Å². The third kappa shape index (κ3) is 3.41. The van der Waals surface area contributed by atoms with Gasteiger partial charge in [-0.15, -0.1) is 0 Å². The maximum Gasteiger partial charge on any atom is 0.405 e. The minimum absolute atomic E-state index is 1.19. The van der Waals surface area contributed by atoms with Gasteiger partial charge in [0.15, 0.2) is 6.04 Å². The molecule has 0 spiro atoms. The quantitative estimate of drug-likeness (QED) is 0.430. The van der Waals surface area contributed by atoms with Gasteiger partial charge in [-0.3, -0.25) is 0 Å². The molecular formula is C5H9NO5. The average Bonchev–Trinajstić information content (AvgIpc) is 1.81. The molecule has 0 aromatic carbocycles. The highest BCUT2D eigenvalue weighted by molar-refractivity contribution is 5.79. The van der Waals surface area contributed by atoms with Crippen LogP contribution in [0.25, 0.3) is 0 Å². The largest absolute Gasteiger partial charge is 0.480 e. The molecule has 2 unspecified atom stereocenters. The van der Waals surface area contributed by atoms with Gasteiger partial charge in [0.05, 0.1) is 6.10 Å². The van der Waals surface area contributed by atoms with Crippen LogP contribution in [0.2, 0.25) is 0 Å². The summed E-state index contributed by atoms with van der Waals surface area (Å²) in [6.07, 6.45) is -2.72. The molecule has 6 heteroatoms. The first-order valence-electron chi connectivity index (χ1n) is 2.85. The van der Waals surface area contributed by atoms with Crippen LogP contribution in [0, 0.1) is 0 Å². The third-order valence-electron chi connectivity index (χ3n) is 1.03. The molecular weight excluding hydrogens is 154 g/mol.